The lowest BCUT2D eigenvalue weighted by atomic mass is 10.0. The number of fused-ring (bicyclic) bond motifs is 2. The number of ether oxygens (including phenoxy) is 2. The van der Waals surface area contributed by atoms with Crippen LogP contribution in [0.2, 0.25) is 5.02 Å². The fraction of sp³-hybridized carbons (Fsp3) is 0.111. The highest BCUT2D eigenvalue weighted by atomic mass is 35.5. The molecule has 0 aliphatic carbocycles. The lowest BCUT2D eigenvalue weighted by molar-refractivity contribution is 0.300. The van der Waals surface area contributed by atoms with Gasteiger partial charge in [-0.15, -0.1) is 0 Å². The summed E-state index contributed by atoms with van der Waals surface area (Å²) in [6.45, 7) is 2.14. The smallest absolute Gasteiger partial charge is 0.344 e. The van der Waals surface area contributed by atoms with Crippen molar-refractivity contribution >= 4 is 33.5 Å². The molecule has 0 aliphatic heterocycles. The van der Waals surface area contributed by atoms with Crippen molar-refractivity contribution in [3.05, 3.63) is 104 Å². The Morgan fingerprint density at radius 1 is 0.914 bits per heavy atom. The Bertz CT molecular complexity index is 1670. The van der Waals surface area contributed by atoms with Crippen molar-refractivity contribution in [1.82, 2.24) is 0 Å². The molecule has 0 bridgehead atoms. The first-order valence-electron chi connectivity index (χ1n) is 10.8. The van der Waals surface area contributed by atoms with Crippen LogP contribution in [0.3, 0.4) is 0 Å². The number of hydrogen-bond acceptors (Lipinski definition) is 6. The van der Waals surface area contributed by atoms with Gasteiger partial charge in [0.05, 0.1) is 17.2 Å². The summed E-state index contributed by atoms with van der Waals surface area (Å²) in [6, 6.07) is 17.4. The van der Waals surface area contributed by atoms with Crippen molar-refractivity contribution in [2.75, 3.05) is 6.61 Å². The SMILES string of the molecule is CCOc1cccc2cc(-c3cc(=O)oc4cc(OCc5c(F)cccc5Cl)ccc34)c(=O)oc12. The van der Waals surface area contributed by atoms with Crippen LogP contribution in [-0.4, -0.2) is 6.61 Å². The van der Waals surface area contributed by atoms with Gasteiger partial charge in [0.1, 0.15) is 23.8 Å². The van der Waals surface area contributed by atoms with Crippen LogP contribution in [0.5, 0.6) is 11.5 Å². The molecule has 0 N–H and O–H groups in total. The fourth-order valence-corrected chi connectivity index (χ4v) is 4.07. The molecule has 5 rings (SSSR count). The van der Waals surface area contributed by atoms with E-state index in [1.54, 1.807) is 42.5 Å². The van der Waals surface area contributed by atoms with Crippen LogP contribution in [0.15, 0.2) is 85.2 Å². The van der Waals surface area contributed by atoms with Crippen LogP contribution < -0.4 is 20.7 Å². The Morgan fingerprint density at radius 3 is 2.54 bits per heavy atom. The van der Waals surface area contributed by atoms with Gasteiger partial charge in [0, 0.05) is 34.0 Å². The summed E-state index contributed by atoms with van der Waals surface area (Å²) in [7, 11) is 0. The van der Waals surface area contributed by atoms with E-state index in [0.29, 0.717) is 40.0 Å². The zero-order chi connectivity index (χ0) is 24.5. The van der Waals surface area contributed by atoms with Crippen molar-refractivity contribution in [2.24, 2.45) is 0 Å². The van der Waals surface area contributed by atoms with Crippen LogP contribution in [-0.2, 0) is 6.61 Å². The maximum Gasteiger partial charge on any atom is 0.344 e. The minimum atomic E-state index is -0.649. The van der Waals surface area contributed by atoms with E-state index in [2.05, 4.69) is 0 Å². The molecule has 0 aliphatic rings. The summed E-state index contributed by atoms with van der Waals surface area (Å²) in [5, 5.41) is 1.40. The quantitative estimate of drug-likeness (QED) is 0.257. The van der Waals surface area contributed by atoms with Gasteiger partial charge in [0.15, 0.2) is 11.3 Å². The highest BCUT2D eigenvalue weighted by molar-refractivity contribution is 6.31. The van der Waals surface area contributed by atoms with Gasteiger partial charge in [-0.25, -0.2) is 14.0 Å². The number of para-hydroxylation sites is 1. The van der Waals surface area contributed by atoms with Gasteiger partial charge < -0.3 is 18.3 Å². The van der Waals surface area contributed by atoms with E-state index in [-0.39, 0.29) is 28.3 Å². The Balaban J connectivity index is 1.57. The summed E-state index contributed by atoms with van der Waals surface area (Å²) in [6.07, 6.45) is 0. The van der Waals surface area contributed by atoms with Gasteiger partial charge >= 0.3 is 11.3 Å². The summed E-state index contributed by atoms with van der Waals surface area (Å²) < 4.78 is 36.2. The first-order valence-corrected chi connectivity index (χ1v) is 11.2. The van der Waals surface area contributed by atoms with E-state index in [1.165, 1.54) is 24.3 Å². The molecule has 0 saturated heterocycles. The molecule has 2 aromatic heterocycles. The molecule has 0 atom stereocenters. The van der Waals surface area contributed by atoms with Crippen molar-refractivity contribution in [3.8, 4) is 22.6 Å². The second kappa shape index (κ2) is 9.27. The maximum atomic E-state index is 14.0. The average Bonchev–Trinajstić information content (AvgIpc) is 2.83. The lowest BCUT2D eigenvalue weighted by Gasteiger charge is -2.11. The van der Waals surface area contributed by atoms with E-state index in [0.717, 1.165) is 0 Å². The monoisotopic (exact) mass is 492 g/mol. The second-order valence-corrected chi connectivity index (χ2v) is 8.09. The standard InChI is InChI=1S/C27H18ClFO6/c1-2-32-23-8-3-5-15-11-19(27(31)35-26(15)23)18-13-25(30)34-24-12-16(9-10-17(18)24)33-14-20-21(28)6-4-7-22(20)29/h3-13H,2,14H2,1H3. The zero-order valence-corrected chi connectivity index (χ0v) is 19.2. The third-order valence-electron chi connectivity index (χ3n) is 5.47. The van der Waals surface area contributed by atoms with Crippen LogP contribution in [0.4, 0.5) is 4.39 Å². The number of rotatable bonds is 6. The minimum absolute atomic E-state index is 0.114. The van der Waals surface area contributed by atoms with Gasteiger partial charge in [-0.1, -0.05) is 29.8 Å². The van der Waals surface area contributed by atoms with Gasteiger partial charge in [0.2, 0.25) is 0 Å². The Hall–Kier alpha value is -4.10. The lowest BCUT2D eigenvalue weighted by Crippen LogP contribution is -2.07. The molecule has 0 radical (unpaired) electrons. The van der Waals surface area contributed by atoms with E-state index in [1.807, 2.05) is 6.92 Å². The normalized spacial score (nSPS) is 11.2. The largest absolute Gasteiger partial charge is 0.490 e. The number of halogens is 2. The number of benzene rings is 3. The van der Waals surface area contributed by atoms with E-state index < -0.39 is 17.1 Å². The van der Waals surface area contributed by atoms with Crippen LogP contribution in [0.1, 0.15) is 12.5 Å². The van der Waals surface area contributed by atoms with Crippen LogP contribution in [0, 0.1) is 5.82 Å². The highest BCUT2D eigenvalue weighted by Crippen LogP contribution is 2.32. The van der Waals surface area contributed by atoms with E-state index in [4.69, 9.17) is 29.9 Å². The molecule has 3 aromatic carbocycles. The Morgan fingerprint density at radius 2 is 1.74 bits per heavy atom. The van der Waals surface area contributed by atoms with Crippen molar-refractivity contribution in [2.45, 2.75) is 13.5 Å². The predicted molar refractivity (Wildman–Crippen MR) is 131 cm³/mol. The van der Waals surface area contributed by atoms with Crippen LogP contribution in [0.25, 0.3) is 33.1 Å². The van der Waals surface area contributed by atoms with Crippen LogP contribution >= 0.6 is 11.6 Å². The summed E-state index contributed by atoms with van der Waals surface area (Å²) in [4.78, 5) is 25.3. The molecule has 176 valence electrons. The van der Waals surface area contributed by atoms with Crippen molar-refractivity contribution < 1.29 is 22.7 Å². The molecule has 0 amide bonds. The zero-order valence-electron chi connectivity index (χ0n) is 18.5. The molecule has 35 heavy (non-hydrogen) atoms. The highest BCUT2D eigenvalue weighted by Gasteiger charge is 2.16. The average molecular weight is 493 g/mol. The molecular weight excluding hydrogens is 475 g/mol. The predicted octanol–water partition coefficient (Wildman–Crippen LogP) is 6.34. The van der Waals surface area contributed by atoms with Gasteiger partial charge in [-0.3, -0.25) is 0 Å². The molecule has 0 fully saturated rings. The van der Waals surface area contributed by atoms with Gasteiger partial charge in [0.25, 0.3) is 0 Å². The maximum absolute atomic E-state index is 14.0. The summed E-state index contributed by atoms with van der Waals surface area (Å²) >= 11 is 6.06. The molecule has 6 nitrogen and oxygen atoms in total. The first-order chi connectivity index (χ1) is 16.9. The van der Waals surface area contributed by atoms with E-state index in [9.17, 15) is 14.0 Å². The first kappa shape index (κ1) is 22.7. The Labute approximate surface area is 203 Å². The van der Waals surface area contributed by atoms with E-state index >= 15 is 0 Å². The molecule has 0 saturated carbocycles. The summed E-state index contributed by atoms with van der Waals surface area (Å²) in [5.74, 6) is 0.314. The molecular formula is C27H18ClFO6. The van der Waals surface area contributed by atoms with Gasteiger partial charge in [-0.2, -0.15) is 0 Å². The molecule has 5 aromatic rings. The van der Waals surface area contributed by atoms with Gasteiger partial charge in [-0.05, 0) is 43.3 Å². The fourth-order valence-electron chi connectivity index (χ4n) is 3.86. The third-order valence-corrected chi connectivity index (χ3v) is 5.83. The number of hydrogen-bond donors (Lipinski definition) is 0. The molecule has 0 unspecified atom stereocenters. The van der Waals surface area contributed by atoms with Crippen molar-refractivity contribution in [1.29, 1.82) is 0 Å². The summed E-state index contributed by atoms with van der Waals surface area (Å²) in [5.41, 5.74) is 0.0402. The minimum Gasteiger partial charge on any atom is -0.490 e. The second-order valence-electron chi connectivity index (χ2n) is 7.68. The molecule has 8 heteroatoms. The van der Waals surface area contributed by atoms with Crippen molar-refractivity contribution in [3.63, 3.8) is 0 Å². The molecule has 0 spiro atoms. The Kier molecular flexibility index (Phi) is 6.01. The topological polar surface area (TPSA) is 78.9 Å². The molecule has 2 heterocycles. The third kappa shape index (κ3) is 4.38.